The number of carbonyl (C=O) groups excluding carboxylic acids is 1. The van der Waals surface area contributed by atoms with Gasteiger partial charge < -0.3 is 14.5 Å². The Morgan fingerprint density at radius 3 is 2.78 bits per heavy atom. The molecule has 0 N–H and O–H groups in total. The van der Waals surface area contributed by atoms with Gasteiger partial charge in [-0.15, -0.1) is 11.8 Å². The van der Waals surface area contributed by atoms with E-state index in [2.05, 4.69) is 21.5 Å². The molecule has 2 aliphatic heterocycles. The minimum atomic E-state index is -0.743. The highest BCUT2D eigenvalue weighted by Gasteiger charge is 2.51. The molecule has 7 rings (SSSR count). The lowest BCUT2D eigenvalue weighted by atomic mass is 10.1. The third-order valence-electron chi connectivity index (χ3n) is 8.47. The SMILES string of the molecule is C=CC(=O)N1CCN(c2nc(=O)n3c4nc(c(F)cc24)-c2c(F)cccc2SCCCCOc2ncnc(C(C)C)c2-3)[C@H]2C[C@H]21. The van der Waals surface area contributed by atoms with Crippen molar-refractivity contribution >= 4 is 34.5 Å². The van der Waals surface area contributed by atoms with Crippen LogP contribution in [0.15, 0.2) is 52.9 Å². The number of halogens is 2. The first kappa shape index (κ1) is 29.3. The molecule has 4 aromatic rings. The minimum Gasteiger partial charge on any atom is -0.476 e. The fourth-order valence-corrected chi connectivity index (χ4v) is 7.35. The van der Waals surface area contributed by atoms with Crippen molar-refractivity contribution < 1.29 is 18.3 Å². The van der Waals surface area contributed by atoms with E-state index in [1.165, 1.54) is 40.9 Å². The van der Waals surface area contributed by atoms with Gasteiger partial charge in [-0.1, -0.05) is 26.5 Å². The van der Waals surface area contributed by atoms with Crippen molar-refractivity contribution in [3.05, 3.63) is 71.1 Å². The van der Waals surface area contributed by atoms with Crippen molar-refractivity contribution in [3.63, 3.8) is 0 Å². The summed E-state index contributed by atoms with van der Waals surface area (Å²) in [6.07, 6.45) is 4.80. The first-order valence-electron chi connectivity index (χ1n) is 15.0. The summed E-state index contributed by atoms with van der Waals surface area (Å²) >= 11 is 1.42. The van der Waals surface area contributed by atoms with E-state index in [1.54, 1.807) is 17.0 Å². The van der Waals surface area contributed by atoms with E-state index in [4.69, 9.17) is 9.72 Å². The zero-order chi connectivity index (χ0) is 31.4. The molecule has 1 saturated heterocycles. The number of aromatic nitrogens is 5. The molecule has 2 bridgehead atoms. The predicted molar refractivity (Wildman–Crippen MR) is 167 cm³/mol. The van der Waals surface area contributed by atoms with Crippen molar-refractivity contribution in [2.45, 2.75) is 56.0 Å². The number of fused-ring (bicyclic) bond motifs is 6. The van der Waals surface area contributed by atoms with Crippen molar-refractivity contribution in [2.24, 2.45) is 0 Å². The third kappa shape index (κ3) is 5.02. The van der Waals surface area contributed by atoms with Crippen LogP contribution in [0.2, 0.25) is 0 Å². The largest absolute Gasteiger partial charge is 0.476 e. The Labute approximate surface area is 262 Å². The maximum absolute atomic E-state index is 16.3. The van der Waals surface area contributed by atoms with Crippen LogP contribution < -0.4 is 15.3 Å². The second-order valence-corrected chi connectivity index (χ2v) is 12.8. The fraction of sp³-hybridized carbons (Fsp3) is 0.375. The molecule has 10 nitrogen and oxygen atoms in total. The number of piperazine rings is 1. The lowest BCUT2D eigenvalue weighted by molar-refractivity contribution is -0.126. The lowest BCUT2D eigenvalue weighted by Gasteiger charge is -2.35. The highest BCUT2D eigenvalue weighted by Crippen LogP contribution is 2.43. The third-order valence-corrected chi connectivity index (χ3v) is 9.62. The first-order chi connectivity index (χ1) is 21.8. The Kier molecular flexibility index (Phi) is 7.50. The van der Waals surface area contributed by atoms with Crippen LogP contribution >= 0.6 is 11.8 Å². The molecular weight excluding hydrogens is 600 g/mol. The molecule has 1 saturated carbocycles. The summed E-state index contributed by atoms with van der Waals surface area (Å²) in [5, 5.41) is 0.271. The zero-order valence-electron chi connectivity index (χ0n) is 24.9. The van der Waals surface area contributed by atoms with E-state index in [9.17, 15) is 9.59 Å². The van der Waals surface area contributed by atoms with Gasteiger partial charge in [0.15, 0.2) is 11.5 Å². The number of hydrogen-bond acceptors (Lipinski definition) is 9. The number of nitrogens with zero attached hydrogens (tertiary/aromatic N) is 7. The molecule has 1 aliphatic carbocycles. The van der Waals surface area contributed by atoms with Gasteiger partial charge in [0.05, 0.1) is 35.3 Å². The van der Waals surface area contributed by atoms with Gasteiger partial charge in [-0.25, -0.2) is 28.1 Å². The van der Waals surface area contributed by atoms with E-state index in [1.807, 2.05) is 18.7 Å². The van der Waals surface area contributed by atoms with Gasteiger partial charge in [0.25, 0.3) is 0 Å². The van der Waals surface area contributed by atoms with Crippen LogP contribution in [0.1, 0.15) is 44.7 Å². The van der Waals surface area contributed by atoms with Crippen LogP contribution in [-0.4, -0.2) is 72.8 Å². The number of hydrogen-bond donors (Lipinski definition) is 0. The Bertz CT molecular complexity index is 1920. The fourth-order valence-electron chi connectivity index (χ4n) is 6.26. The summed E-state index contributed by atoms with van der Waals surface area (Å²) in [5.41, 5.74) is 0.0415. The minimum absolute atomic E-state index is 0.0417. The average Bonchev–Trinajstić information content (AvgIpc) is 3.83. The van der Waals surface area contributed by atoms with E-state index >= 15 is 8.78 Å². The maximum atomic E-state index is 16.3. The molecule has 13 heteroatoms. The monoisotopic (exact) mass is 631 g/mol. The van der Waals surface area contributed by atoms with E-state index in [-0.39, 0.29) is 63.6 Å². The van der Waals surface area contributed by atoms with Gasteiger partial charge in [0.2, 0.25) is 11.8 Å². The standard InChI is InChI=1S/C32H31F2N7O3S/c1-4-24(42)39-10-11-40(22-15-21(22)39)29-18-14-20(34)27-25-19(33)8-7-9-23(25)45-13-6-5-12-44-31-28(26(17(2)3)35-16-36-31)41(30(18)37-27)32(43)38-29/h4,7-9,14,16-17,21-22H,1,5-6,10-13,15H2,2-3H3/t21-,22+/m1/s1. The summed E-state index contributed by atoms with van der Waals surface area (Å²) in [7, 11) is 0. The highest BCUT2D eigenvalue weighted by atomic mass is 32.2. The van der Waals surface area contributed by atoms with Gasteiger partial charge >= 0.3 is 5.69 Å². The van der Waals surface area contributed by atoms with Gasteiger partial charge in [-0.2, -0.15) is 9.97 Å². The summed E-state index contributed by atoms with van der Waals surface area (Å²) in [5.74, 6) is -0.552. The Morgan fingerprint density at radius 1 is 1.13 bits per heavy atom. The number of ether oxygens (including phenoxy) is 1. The van der Waals surface area contributed by atoms with E-state index < -0.39 is 17.3 Å². The second kappa shape index (κ2) is 11.5. The zero-order valence-corrected chi connectivity index (χ0v) is 25.7. The summed E-state index contributed by atoms with van der Waals surface area (Å²) in [6, 6.07) is 5.73. The quantitative estimate of drug-likeness (QED) is 0.293. The molecule has 0 unspecified atom stereocenters. The summed E-state index contributed by atoms with van der Waals surface area (Å²) < 4.78 is 39.2. The number of rotatable bonds is 3. The van der Waals surface area contributed by atoms with Crippen LogP contribution in [-0.2, 0) is 4.79 Å². The molecule has 2 atom stereocenters. The summed E-state index contributed by atoms with van der Waals surface area (Å²) in [6.45, 7) is 8.58. The van der Waals surface area contributed by atoms with Crippen LogP contribution in [0.25, 0.3) is 28.0 Å². The van der Waals surface area contributed by atoms with Gasteiger partial charge in [-0.05, 0) is 55.2 Å². The maximum Gasteiger partial charge on any atom is 0.356 e. The Hall–Kier alpha value is -4.39. The van der Waals surface area contributed by atoms with Crippen molar-refractivity contribution in [1.29, 1.82) is 0 Å². The number of anilines is 1. The normalized spacial score (nSPS) is 19.4. The molecule has 3 aromatic heterocycles. The van der Waals surface area contributed by atoms with Crippen molar-refractivity contribution in [2.75, 3.05) is 30.3 Å². The van der Waals surface area contributed by atoms with E-state index in [0.29, 0.717) is 48.9 Å². The molecule has 3 aliphatic rings. The first-order valence-corrected chi connectivity index (χ1v) is 16.0. The molecule has 0 spiro atoms. The molecule has 232 valence electrons. The van der Waals surface area contributed by atoms with Crippen LogP contribution in [0.5, 0.6) is 5.88 Å². The number of thioether (sulfide) groups is 1. The number of carbonyl (C=O) groups is 1. The Morgan fingerprint density at radius 2 is 1.98 bits per heavy atom. The molecule has 1 amide bonds. The van der Waals surface area contributed by atoms with Crippen LogP contribution in [0, 0.1) is 11.6 Å². The lowest BCUT2D eigenvalue weighted by Crippen LogP contribution is -2.49. The molecule has 0 radical (unpaired) electrons. The van der Waals surface area contributed by atoms with E-state index in [0.717, 1.165) is 6.42 Å². The molecular formula is C32H31F2N7O3S. The highest BCUT2D eigenvalue weighted by molar-refractivity contribution is 7.99. The Balaban J connectivity index is 1.52. The smallest absolute Gasteiger partial charge is 0.356 e. The number of pyridine rings is 1. The van der Waals surface area contributed by atoms with Crippen molar-refractivity contribution in [1.82, 2.24) is 29.4 Å². The van der Waals surface area contributed by atoms with Gasteiger partial charge in [0, 0.05) is 18.0 Å². The molecule has 2 fully saturated rings. The topological polar surface area (TPSA) is 106 Å². The average molecular weight is 632 g/mol. The van der Waals surface area contributed by atoms with Crippen LogP contribution in [0.3, 0.4) is 0 Å². The molecule has 45 heavy (non-hydrogen) atoms. The van der Waals surface area contributed by atoms with Gasteiger partial charge in [-0.3, -0.25) is 4.79 Å². The van der Waals surface area contributed by atoms with Crippen LogP contribution in [0.4, 0.5) is 14.6 Å². The number of benzene rings is 1. The molecule has 1 aromatic carbocycles. The second-order valence-electron chi connectivity index (χ2n) is 11.6. The van der Waals surface area contributed by atoms with Crippen molar-refractivity contribution in [3.8, 4) is 22.8 Å². The molecule has 5 heterocycles. The number of amides is 1. The predicted octanol–water partition coefficient (Wildman–Crippen LogP) is 4.88. The van der Waals surface area contributed by atoms with Gasteiger partial charge in [0.1, 0.15) is 29.3 Å². The summed E-state index contributed by atoms with van der Waals surface area (Å²) in [4.78, 5) is 49.0.